The fourth-order valence-electron chi connectivity index (χ4n) is 2.82. The van der Waals surface area contributed by atoms with Crippen molar-refractivity contribution < 1.29 is 18.3 Å². The van der Waals surface area contributed by atoms with Gasteiger partial charge in [-0.15, -0.1) is 0 Å². The van der Waals surface area contributed by atoms with Crippen LogP contribution in [0.25, 0.3) is 22.3 Å². The highest BCUT2D eigenvalue weighted by Gasteiger charge is 2.15. The normalized spacial score (nSPS) is 11.0. The summed E-state index contributed by atoms with van der Waals surface area (Å²) in [6, 6.07) is 11.8. The summed E-state index contributed by atoms with van der Waals surface area (Å²) < 4.78 is 37.9. The summed E-state index contributed by atoms with van der Waals surface area (Å²) in [6.45, 7) is 2.63. The van der Waals surface area contributed by atoms with E-state index in [2.05, 4.69) is 15.2 Å². The van der Waals surface area contributed by atoms with Gasteiger partial charge in [-0.25, -0.2) is 8.78 Å². The van der Waals surface area contributed by atoms with Gasteiger partial charge in [-0.3, -0.25) is 5.10 Å². The van der Waals surface area contributed by atoms with Crippen molar-refractivity contribution in [2.24, 2.45) is 0 Å². The van der Waals surface area contributed by atoms with Crippen molar-refractivity contribution in [3.05, 3.63) is 65.2 Å². The van der Waals surface area contributed by atoms with Crippen LogP contribution in [0.15, 0.2) is 48.5 Å². The zero-order valence-corrected chi connectivity index (χ0v) is 16.1. The van der Waals surface area contributed by atoms with Crippen molar-refractivity contribution in [3.63, 3.8) is 0 Å². The van der Waals surface area contributed by atoms with Crippen molar-refractivity contribution in [2.45, 2.75) is 13.3 Å². The Kier molecular flexibility index (Phi) is 5.31. The Morgan fingerprint density at radius 3 is 2.72 bits per heavy atom. The first-order valence-electron chi connectivity index (χ1n) is 8.96. The van der Waals surface area contributed by atoms with Gasteiger partial charge in [0.1, 0.15) is 11.6 Å². The van der Waals surface area contributed by atoms with E-state index in [1.54, 1.807) is 18.2 Å². The number of aromatic nitrogens is 3. The Labute approximate surface area is 170 Å². The molecule has 29 heavy (non-hydrogen) atoms. The van der Waals surface area contributed by atoms with Crippen molar-refractivity contribution >= 4 is 22.6 Å². The molecule has 0 radical (unpaired) electrons. The van der Waals surface area contributed by atoms with Crippen molar-refractivity contribution in [3.8, 4) is 28.6 Å². The molecule has 4 rings (SSSR count). The molecule has 5 nitrogen and oxygen atoms in total. The predicted octanol–water partition coefficient (Wildman–Crippen LogP) is 6.14. The number of ether oxygens (including phenoxy) is 2. The minimum atomic E-state index is -0.815. The Bertz CT molecular complexity index is 1180. The van der Waals surface area contributed by atoms with E-state index in [-0.39, 0.29) is 11.6 Å². The van der Waals surface area contributed by atoms with Gasteiger partial charge in [0, 0.05) is 23.1 Å². The van der Waals surface area contributed by atoms with Crippen LogP contribution in [0.3, 0.4) is 0 Å². The molecule has 0 aliphatic rings. The van der Waals surface area contributed by atoms with Crippen LogP contribution in [-0.2, 0) is 0 Å². The maximum atomic E-state index is 13.8. The molecule has 1 N–H and O–H groups in total. The first-order chi connectivity index (χ1) is 14.0. The number of nitrogens with zero attached hydrogens (tertiary/aromatic N) is 2. The first kappa shape index (κ1) is 19.1. The van der Waals surface area contributed by atoms with E-state index >= 15 is 0 Å². The van der Waals surface area contributed by atoms with Crippen LogP contribution in [0.1, 0.15) is 13.3 Å². The van der Waals surface area contributed by atoms with Crippen LogP contribution in [0.4, 0.5) is 8.78 Å². The van der Waals surface area contributed by atoms with Crippen LogP contribution in [0.5, 0.6) is 17.4 Å². The maximum Gasteiger partial charge on any atom is 0.221 e. The highest BCUT2D eigenvalue weighted by atomic mass is 35.5. The number of fused-ring (bicyclic) bond motifs is 1. The summed E-state index contributed by atoms with van der Waals surface area (Å²) in [6.07, 6.45) is 0.895. The zero-order valence-electron chi connectivity index (χ0n) is 15.4. The average molecular weight is 416 g/mol. The van der Waals surface area contributed by atoms with E-state index in [1.165, 1.54) is 6.07 Å². The highest BCUT2D eigenvalue weighted by molar-refractivity contribution is 6.33. The molecule has 2 aromatic carbocycles. The second kappa shape index (κ2) is 8.05. The van der Waals surface area contributed by atoms with Crippen molar-refractivity contribution in [1.82, 2.24) is 15.2 Å². The maximum absolute atomic E-state index is 13.8. The molecule has 0 fully saturated rings. The predicted molar refractivity (Wildman–Crippen MR) is 107 cm³/mol. The van der Waals surface area contributed by atoms with Gasteiger partial charge in [0.15, 0.2) is 17.2 Å². The van der Waals surface area contributed by atoms with Gasteiger partial charge in [0.25, 0.3) is 0 Å². The number of pyridine rings is 1. The molecule has 0 saturated heterocycles. The smallest absolute Gasteiger partial charge is 0.221 e. The molecular formula is C21H16ClF2N3O2. The summed E-state index contributed by atoms with van der Waals surface area (Å²) >= 11 is 6.37. The van der Waals surface area contributed by atoms with Crippen LogP contribution in [0.2, 0.25) is 5.02 Å². The molecule has 0 atom stereocenters. The molecule has 2 heterocycles. The van der Waals surface area contributed by atoms with Crippen LogP contribution >= 0.6 is 11.6 Å². The zero-order chi connectivity index (χ0) is 20.4. The first-order valence-corrected chi connectivity index (χ1v) is 9.33. The van der Waals surface area contributed by atoms with Gasteiger partial charge in [0.05, 0.1) is 17.3 Å². The summed E-state index contributed by atoms with van der Waals surface area (Å²) in [7, 11) is 0. The highest BCUT2D eigenvalue weighted by Crippen LogP contribution is 2.35. The lowest BCUT2D eigenvalue weighted by molar-refractivity contribution is 0.317. The minimum absolute atomic E-state index is 0.127. The van der Waals surface area contributed by atoms with Gasteiger partial charge in [-0.1, -0.05) is 18.5 Å². The largest absolute Gasteiger partial charge is 0.494 e. The number of nitrogens with one attached hydrogen (secondary N) is 1. The second-order valence-electron chi connectivity index (χ2n) is 6.29. The third kappa shape index (κ3) is 4.00. The summed E-state index contributed by atoms with van der Waals surface area (Å²) in [4.78, 5) is 4.28. The SMILES string of the molecule is CCCOc1ccc(Cl)c(-c2[nH]nc3nc(Oc4ccc(F)cc4F)ccc23)c1. The summed E-state index contributed by atoms with van der Waals surface area (Å²) in [5.74, 6) is -0.791. The van der Waals surface area contributed by atoms with Gasteiger partial charge >= 0.3 is 0 Å². The molecule has 0 aliphatic heterocycles. The molecule has 0 saturated carbocycles. The van der Waals surface area contributed by atoms with Crippen LogP contribution in [0, 0.1) is 11.6 Å². The minimum Gasteiger partial charge on any atom is -0.494 e. The lowest BCUT2D eigenvalue weighted by Crippen LogP contribution is -1.95. The topological polar surface area (TPSA) is 60.0 Å². The Balaban J connectivity index is 1.67. The molecular weight excluding hydrogens is 400 g/mol. The summed E-state index contributed by atoms with van der Waals surface area (Å²) in [5.41, 5.74) is 1.78. The Morgan fingerprint density at radius 1 is 1.07 bits per heavy atom. The van der Waals surface area contributed by atoms with E-state index in [9.17, 15) is 8.78 Å². The Morgan fingerprint density at radius 2 is 1.93 bits per heavy atom. The number of halogens is 3. The number of rotatable bonds is 6. The second-order valence-corrected chi connectivity index (χ2v) is 6.69. The fourth-order valence-corrected chi connectivity index (χ4v) is 3.03. The molecule has 4 aromatic rings. The number of hydrogen-bond acceptors (Lipinski definition) is 4. The molecule has 148 valence electrons. The van der Waals surface area contributed by atoms with E-state index in [1.807, 2.05) is 19.1 Å². The van der Waals surface area contributed by atoms with E-state index < -0.39 is 11.6 Å². The van der Waals surface area contributed by atoms with Crippen molar-refractivity contribution in [1.29, 1.82) is 0 Å². The molecule has 0 bridgehead atoms. The van der Waals surface area contributed by atoms with Crippen LogP contribution < -0.4 is 9.47 Å². The van der Waals surface area contributed by atoms with E-state index in [0.29, 0.717) is 34.1 Å². The quantitative estimate of drug-likeness (QED) is 0.411. The molecule has 0 aliphatic carbocycles. The number of benzene rings is 2. The van der Waals surface area contributed by atoms with Gasteiger partial charge < -0.3 is 9.47 Å². The molecule has 0 amide bonds. The van der Waals surface area contributed by atoms with Gasteiger partial charge in [-0.2, -0.15) is 10.1 Å². The number of hydrogen-bond donors (Lipinski definition) is 1. The van der Waals surface area contributed by atoms with Gasteiger partial charge in [-0.05, 0) is 42.8 Å². The fraction of sp³-hybridized carbons (Fsp3) is 0.143. The van der Waals surface area contributed by atoms with E-state index in [4.69, 9.17) is 21.1 Å². The molecule has 2 aromatic heterocycles. The third-order valence-electron chi connectivity index (χ3n) is 4.18. The van der Waals surface area contributed by atoms with Crippen molar-refractivity contribution in [2.75, 3.05) is 6.61 Å². The van der Waals surface area contributed by atoms with Crippen LogP contribution in [-0.4, -0.2) is 21.8 Å². The molecule has 0 spiro atoms. The number of aromatic amines is 1. The lowest BCUT2D eigenvalue weighted by atomic mass is 10.1. The average Bonchev–Trinajstić information content (AvgIpc) is 3.12. The standard InChI is InChI=1S/C21H16ClF2N3O2/c1-2-9-28-13-4-6-16(22)15(11-13)20-14-5-8-19(25-21(14)27-26-20)29-18-7-3-12(23)10-17(18)24/h3-8,10-11H,2,9H2,1H3,(H,25,26,27). The molecule has 8 heteroatoms. The third-order valence-corrected chi connectivity index (χ3v) is 4.51. The lowest BCUT2D eigenvalue weighted by Gasteiger charge is -2.08. The number of H-pyrrole nitrogens is 1. The van der Waals surface area contributed by atoms with Gasteiger partial charge in [0.2, 0.25) is 5.88 Å². The van der Waals surface area contributed by atoms with E-state index in [0.717, 1.165) is 24.1 Å². The Hall–Kier alpha value is -3.19. The summed E-state index contributed by atoms with van der Waals surface area (Å²) in [5, 5.41) is 8.38. The monoisotopic (exact) mass is 415 g/mol. The molecule has 0 unspecified atom stereocenters.